The first kappa shape index (κ1) is 19.9. The molecule has 0 saturated carbocycles. The van der Waals surface area contributed by atoms with E-state index in [1.165, 1.54) is 24.4 Å². The SMILES string of the molecule is O=C1Nc2cc(F)ccc2/C1=C\Nc1ccc(N2CCN(c3ncccn3)CC2)c(F)c1. The zero-order valence-corrected chi connectivity index (χ0v) is 17.1. The molecular weight excluding hydrogens is 414 g/mol. The van der Waals surface area contributed by atoms with Crippen LogP contribution in [-0.2, 0) is 4.79 Å². The number of anilines is 4. The van der Waals surface area contributed by atoms with Gasteiger partial charge in [-0.3, -0.25) is 4.79 Å². The molecule has 3 heterocycles. The third kappa shape index (κ3) is 3.84. The molecule has 7 nitrogen and oxygen atoms in total. The lowest BCUT2D eigenvalue weighted by Crippen LogP contribution is -2.47. The Morgan fingerprint density at radius 1 is 0.969 bits per heavy atom. The molecule has 2 N–H and O–H groups in total. The lowest BCUT2D eigenvalue weighted by atomic mass is 10.1. The minimum Gasteiger partial charge on any atom is -0.366 e. The van der Waals surface area contributed by atoms with Gasteiger partial charge in [-0.1, -0.05) is 0 Å². The number of rotatable bonds is 4. The zero-order valence-electron chi connectivity index (χ0n) is 17.1. The Labute approximate surface area is 183 Å². The third-order valence-corrected chi connectivity index (χ3v) is 5.55. The summed E-state index contributed by atoms with van der Waals surface area (Å²) < 4.78 is 28.2. The maximum atomic E-state index is 14.9. The third-order valence-electron chi connectivity index (χ3n) is 5.55. The quantitative estimate of drug-likeness (QED) is 0.613. The van der Waals surface area contributed by atoms with Crippen molar-refractivity contribution in [2.75, 3.05) is 46.6 Å². The number of amides is 1. The second-order valence-electron chi connectivity index (χ2n) is 7.54. The van der Waals surface area contributed by atoms with Gasteiger partial charge in [0.25, 0.3) is 5.91 Å². The van der Waals surface area contributed by atoms with Crippen LogP contribution < -0.4 is 20.4 Å². The minimum atomic E-state index is -0.423. The molecule has 1 saturated heterocycles. The van der Waals surface area contributed by atoms with Crippen LogP contribution in [0.15, 0.2) is 61.1 Å². The molecule has 1 fully saturated rings. The standard InChI is InChI=1S/C23H20F2N6O/c24-15-2-4-17-18(22(32)29-20(17)12-15)14-28-16-3-5-21(19(25)13-16)30-8-10-31(11-9-30)23-26-6-1-7-27-23/h1-7,12-14,28H,8-11H2,(H,29,32)/b18-14+. The van der Waals surface area contributed by atoms with Crippen LogP contribution in [0.1, 0.15) is 5.56 Å². The molecule has 162 valence electrons. The van der Waals surface area contributed by atoms with Crippen LogP contribution in [0.4, 0.5) is 31.8 Å². The highest BCUT2D eigenvalue weighted by Crippen LogP contribution is 2.32. The van der Waals surface area contributed by atoms with Crippen molar-refractivity contribution in [3.8, 4) is 0 Å². The summed E-state index contributed by atoms with van der Waals surface area (Å²) in [5.41, 5.74) is 2.42. The first-order valence-corrected chi connectivity index (χ1v) is 10.2. The predicted molar refractivity (Wildman–Crippen MR) is 119 cm³/mol. The molecule has 0 unspecified atom stereocenters. The molecule has 32 heavy (non-hydrogen) atoms. The van der Waals surface area contributed by atoms with E-state index in [0.29, 0.717) is 60.3 Å². The number of hydrogen-bond acceptors (Lipinski definition) is 6. The summed E-state index contributed by atoms with van der Waals surface area (Å²) in [5.74, 6) is -0.430. The van der Waals surface area contributed by atoms with Crippen LogP contribution >= 0.6 is 0 Å². The lowest BCUT2D eigenvalue weighted by Gasteiger charge is -2.36. The average Bonchev–Trinajstić information content (AvgIpc) is 3.12. The van der Waals surface area contributed by atoms with Gasteiger partial charge in [-0.25, -0.2) is 18.7 Å². The maximum absolute atomic E-state index is 14.9. The first-order valence-electron chi connectivity index (χ1n) is 10.2. The number of benzene rings is 2. The fourth-order valence-corrected chi connectivity index (χ4v) is 3.92. The van der Waals surface area contributed by atoms with Crippen molar-refractivity contribution in [2.24, 2.45) is 0 Å². The van der Waals surface area contributed by atoms with Crippen LogP contribution in [-0.4, -0.2) is 42.1 Å². The van der Waals surface area contributed by atoms with Gasteiger partial charge < -0.3 is 20.4 Å². The van der Waals surface area contributed by atoms with Crippen molar-refractivity contribution in [1.29, 1.82) is 0 Å². The molecule has 0 spiro atoms. The highest BCUT2D eigenvalue weighted by atomic mass is 19.1. The molecule has 0 atom stereocenters. The maximum Gasteiger partial charge on any atom is 0.257 e. The topological polar surface area (TPSA) is 73.4 Å². The second-order valence-corrected chi connectivity index (χ2v) is 7.54. The zero-order chi connectivity index (χ0) is 22.1. The van der Waals surface area contributed by atoms with Crippen molar-refractivity contribution < 1.29 is 13.6 Å². The molecule has 2 aliphatic heterocycles. The van der Waals surface area contributed by atoms with Gasteiger partial charge in [0.05, 0.1) is 16.9 Å². The van der Waals surface area contributed by atoms with Gasteiger partial charge in [-0.2, -0.15) is 0 Å². The molecule has 9 heteroatoms. The Balaban J connectivity index is 1.27. The minimum absolute atomic E-state index is 0.338. The number of aromatic nitrogens is 2. The van der Waals surface area contributed by atoms with Crippen LogP contribution in [0.2, 0.25) is 0 Å². The Kier molecular flexibility index (Phi) is 5.14. The van der Waals surface area contributed by atoms with E-state index >= 15 is 0 Å². The van der Waals surface area contributed by atoms with E-state index < -0.39 is 5.82 Å². The molecule has 0 bridgehead atoms. The molecule has 0 radical (unpaired) electrons. The number of piperazine rings is 1. The highest BCUT2D eigenvalue weighted by Gasteiger charge is 2.25. The summed E-state index contributed by atoms with van der Waals surface area (Å²) in [6, 6.07) is 10.8. The number of carbonyl (C=O) groups is 1. The summed E-state index contributed by atoms with van der Waals surface area (Å²) in [6.45, 7) is 2.70. The van der Waals surface area contributed by atoms with Crippen molar-refractivity contribution in [3.05, 3.63) is 78.3 Å². The van der Waals surface area contributed by atoms with Gasteiger partial charge >= 0.3 is 0 Å². The monoisotopic (exact) mass is 434 g/mol. The number of halogens is 2. The molecule has 3 aromatic rings. The number of fused-ring (bicyclic) bond motifs is 1. The number of nitrogens with one attached hydrogen (secondary N) is 2. The Morgan fingerprint density at radius 2 is 1.72 bits per heavy atom. The van der Waals surface area contributed by atoms with Crippen molar-refractivity contribution in [1.82, 2.24) is 9.97 Å². The molecule has 1 amide bonds. The number of carbonyl (C=O) groups excluding carboxylic acids is 1. The summed E-state index contributed by atoms with van der Waals surface area (Å²) in [6.07, 6.45) is 4.93. The first-order chi connectivity index (χ1) is 15.6. The Bertz CT molecular complexity index is 1190. The van der Waals surface area contributed by atoms with Crippen LogP contribution in [0.3, 0.4) is 0 Å². The van der Waals surface area contributed by atoms with E-state index in [1.807, 2.05) is 4.90 Å². The molecule has 2 aromatic carbocycles. The summed E-state index contributed by atoms with van der Waals surface area (Å²) >= 11 is 0. The Morgan fingerprint density at radius 3 is 2.47 bits per heavy atom. The van der Waals surface area contributed by atoms with Crippen LogP contribution in [0, 0.1) is 11.6 Å². The van der Waals surface area contributed by atoms with Crippen molar-refractivity contribution >= 4 is 34.5 Å². The lowest BCUT2D eigenvalue weighted by molar-refractivity contribution is -0.110. The molecule has 0 aliphatic carbocycles. The number of hydrogen-bond donors (Lipinski definition) is 2. The summed E-state index contributed by atoms with van der Waals surface area (Å²) in [4.78, 5) is 24.8. The van der Waals surface area contributed by atoms with E-state index in [0.717, 1.165) is 0 Å². The molecule has 1 aromatic heterocycles. The van der Waals surface area contributed by atoms with Gasteiger partial charge in [0, 0.05) is 56.0 Å². The molecule has 5 rings (SSSR count). The predicted octanol–water partition coefficient (Wildman–Crippen LogP) is 3.49. The van der Waals surface area contributed by atoms with Gasteiger partial charge in [-0.15, -0.1) is 0 Å². The fourth-order valence-electron chi connectivity index (χ4n) is 3.92. The van der Waals surface area contributed by atoms with Gasteiger partial charge in [0.1, 0.15) is 11.6 Å². The van der Waals surface area contributed by atoms with E-state index in [2.05, 4.69) is 25.5 Å². The summed E-state index contributed by atoms with van der Waals surface area (Å²) in [5, 5.41) is 5.59. The fraction of sp³-hybridized carbons (Fsp3) is 0.174. The van der Waals surface area contributed by atoms with Gasteiger partial charge in [0.2, 0.25) is 5.95 Å². The van der Waals surface area contributed by atoms with E-state index in [4.69, 9.17) is 0 Å². The smallest absolute Gasteiger partial charge is 0.257 e. The Hall–Kier alpha value is -4.01. The molecular formula is C23H20F2N6O. The van der Waals surface area contributed by atoms with E-state index in [9.17, 15) is 13.6 Å². The van der Waals surface area contributed by atoms with E-state index in [-0.39, 0.29) is 11.7 Å². The van der Waals surface area contributed by atoms with Gasteiger partial charge in [0.15, 0.2) is 0 Å². The van der Waals surface area contributed by atoms with Crippen molar-refractivity contribution in [3.63, 3.8) is 0 Å². The highest BCUT2D eigenvalue weighted by molar-refractivity contribution is 6.31. The second kappa shape index (κ2) is 8.26. The van der Waals surface area contributed by atoms with Gasteiger partial charge in [-0.05, 0) is 42.5 Å². The summed E-state index contributed by atoms with van der Waals surface area (Å²) in [7, 11) is 0. The normalized spacial score (nSPS) is 16.8. The largest absolute Gasteiger partial charge is 0.366 e. The van der Waals surface area contributed by atoms with Crippen molar-refractivity contribution in [2.45, 2.75) is 0 Å². The molecule has 2 aliphatic rings. The van der Waals surface area contributed by atoms with Crippen LogP contribution in [0.5, 0.6) is 0 Å². The van der Waals surface area contributed by atoms with E-state index in [1.54, 1.807) is 36.7 Å². The van der Waals surface area contributed by atoms with Crippen LogP contribution in [0.25, 0.3) is 5.57 Å². The average molecular weight is 434 g/mol. The number of nitrogens with zero attached hydrogens (tertiary/aromatic N) is 4.